The van der Waals surface area contributed by atoms with Gasteiger partial charge in [-0.3, -0.25) is 4.79 Å². The maximum absolute atomic E-state index is 13.0. The molecule has 2 aliphatic rings. The summed E-state index contributed by atoms with van der Waals surface area (Å²) in [4.78, 5) is 29.5. The highest BCUT2D eigenvalue weighted by Gasteiger charge is 2.33. The molecule has 1 unspecified atom stereocenters. The lowest BCUT2D eigenvalue weighted by Gasteiger charge is -2.32. The van der Waals surface area contributed by atoms with Crippen LogP contribution < -0.4 is 0 Å². The summed E-state index contributed by atoms with van der Waals surface area (Å²) < 4.78 is 22.7. The number of carbonyl (C=O) groups excluding carboxylic acids is 2. The van der Waals surface area contributed by atoms with E-state index in [2.05, 4.69) is 4.98 Å². The summed E-state index contributed by atoms with van der Waals surface area (Å²) in [7, 11) is 1.63. The van der Waals surface area contributed by atoms with Crippen molar-refractivity contribution < 1.29 is 33.3 Å². The van der Waals surface area contributed by atoms with Gasteiger partial charge in [0, 0.05) is 44.8 Å². The highest BCUT2D eigenvalue weighted by Crippen LogP contribution is 2.30. The fourth-order valence-corrected chi connectivity index (χ4v) is 5.54. The summed E-state index contributed by atoms with van der Waals surface area (Å²) in [5.74, 6) is -0.209. The normalized spacial score (nSPS) is 30.6. The minimum Gasteiger partial charge on any atom is -0.462 e. The second-order valence-electron chi connectivity index (χ2n) is 11.8. The van der Waals surface area contributed by atoms with Crippen LogP contribution in [0.25, 0.3) is 6.08 Å². The fraction of sp³-hybridized carbons (Fsp3) is 0.514. The Morgan fingerprint density at radius 2 is 1.95 bits per heavy atom. The third-order valence-corrected chi connectivity index (χ3v) is 8.13. The highest BCUT2D eigenvalue weighted by molar-refractivity contribution is 5.82. The van der Waals surface area contributed by atoms with Crippen LogP contribution in [-0.4, -0.2) is 53.6 Å². The minimum absolute atomic E-state index is 0.0274. The molecule has 2 aliphatic heterocycles. The lowest BCUT2D eigenvalue weighted by Crippen LogP contribution is -2.37. The lowest BCUT2D eigenvalue weighted by molar-refractivity contribution is -0.158. The van der Waals surface area contributed by atoms with Crippen LogP contribution in [0.2, 0.25) is 0 Å². The van der Waals surface area contributed by atoms with Gasteiger partial charge in [-0.15, -0.1) is 0 Å². The maximum Gasteiger partial charge on any atom is 0.330 e. The molecule has 0 saturated carbocycles. The molecule has 2 bridgehead atoms. The number of rotatable bonds is 7. The molecule has 0 amide bonds. The molecule has 0 spiro atoms. The molecule has 7 atom stereocenters. The predicted molar refractivity (Wildman–Crippen MR) is 167 cm³/mol. The van der Waals surface area contributed by atoms with E-state index < -0.39 is 18.2 Å². The molecule has 0 aromatic carbocycles. The summed E-state index contributed by atoms with van der Waals surface area (Å²) in [6, 6.07) is 0. The molecular formula is C35H47NO7. The Morgan fingerprint density at radius 1 is 1.19 bits per heavy atom. The quantitative estimate of drug-likeness (QED) is 0.278. The third-order valence-electron chi connectivity index (χ3n) is 8.13. The molecule has 3 heterocycles. The average molecular weight is 594 g/mol. The number of aromatic nitrogens is 1. The second-order valence-corrected chi connectivity index (χ2v) is 11.8. The van der Waals surface area contributed by atoms with Crippen LogP contribution in [0.3, 0.4) is 0 Å². The van der Waals surface area contributed by atoms with Gasteiger partial charge >= 0.3 is 11.9 Å². The number of hydrogen-bond acceptors (Lipinski definition) is 8. The Labute approximate surface area is 255 Å². The average Bonchev–Trinajstić information content (AvgIpc) is 3.35. The molecule has 43 heavy (non-hydrogen) atoms. The van der Waals surface area contributed by atoms with E-state index in [1.807, 2.05) is 77.2 Å². The van der Waals surface area contributed by atoms with Crippen LogP contribution >= 0.6 is 0 Å². The summed E-state index contributed by atoms with van der Waals surface area (Å²) >= 11 is 0. The molecule has 1 aromatic rings. The molecule has 1 saturated heterocycles. The second kappa shape index (κ2) is 16.4. The van der Waals surface area contributed by atoms with Crippen molar-refractivity contribution in [2.75, 3.05) is 7.11 Å². The summed E-state index contributed by atoms with van der Waals surface area (Å²) in [6.45, 7) is 11.6. The Bertz CT molecular complexity index is 1280. The Morgan fingerprint density at radius 3 is 2.65 bits per heavy atom. The van der Waals surface area contributed by atoms with Gasteiger partial charge in [-0.25, -0.2) is 9.78 Å². The maximum atomic E-state index is 13.0. The van der Waals surface area contributed by atoms with Crippen molar-refractivity contribution in [2.45, 2.75) is 91.6 Å². The number of methoxy groups -OCH3 is 1. The van der Waals surface area contributed by atoms with E-state index in [1.165, 1.54) is 6.08 Å². The summed E-state index contributed by atoms with van der Waals surface area (Å²) in [5, 5.41) is 11.1. The van der Waals surface area contributed by atoms with Gasteiger partial charge < -0.3 is 23.7 Å². The number of cyclic esters (lactones) is 1. The standard InChI is InChI=1S/C35H47NO7/c1-22(17-29-21-41-27(6)36-29)11-8-14-25(4)35(40-7)26(5)32-20-30(37)23(2)12-9-13-24(3)31-18-28(19-34(39)42-31)15-10-16-33(38)43-32/h8-14,16-17,21,24,26,28,30-32,35,37H,15,18-20H2,1-7H3/b11-8+,13-9+,16-10+,22-17+,23-12+,25-14+/t24-,26+,28-,30+,31-,32?,35-/m1/s1. The number of fused-ring (bicyclic) bond motifs is 2. The van der Waals surface area contributed by atoms with E-state index in [0.717, 1.165) is 28.8 Å². The highest BCUT2D eigenvalue weighted by atomic mass is 16.6. The number of aliphatic hydroxyl groups excluding tert-OH is 1. The number of nitrogens with zero attached hydrogens (tertiary/aromatic N) is 1. The Kier molecular flexibility index (Phi) is 13.0. The van der Waals surface area contributed by atoms with E-state index in [0.29, 0.717) is 18.7 Å². The zero-order valence-electron chi connectivity index (χ0n) is 26.5. The van der Waals surface area contributed by atoms with Gasteiger partial charge in [0.05, 0.1) is 12.2 Å². The van der Waals surface area contributed by atoms with Crippen molar-refractivity contribution in [3.05, 3.63) is 83.2 Å². The number of hydrogen-bond donors (Lipinski definition) is 1. The molecule has 0 radical (unpaired) electrons. The Balaban J connectivity index is 1.80. The largest absolute Gasteiger partial charge is 0.462 e. The number of oxazole rings is 1. The molecule has 1 fully saturated rings. The molecule has 1 N–H and O–H groups in total. The van der Waals surface area contributed by atoms with Gasteiger partial charge in [-0.05, 0) is 62.3 Å². The van der Waals surface area contributed by atoms with Crippen LogP contribution in [0.4, 0.5) is 0 Å². The molecular weight excluding hydrogens is 546 g/mol. The number of aryl methyl sites for hydroxylation is 1. The first kappa shape index (κ1) is 34.0. The molecule has 8 heteroatoms. The number of aliphatic hydroxyl groups is 1. The first-order valence-electron chi connectivity index (χ1n) is 15.0. The molecule has 1 aromatic heterocycles. The molecule has 234 valence electrons. The molecule has 8 nitrogen and oxygen atoms in total. The van der Waals surface area contributed by atoms with Gasteiger partial charge in [0.15, 0.2) is 5.89 Å². The topological polar surface area (TPSA) is 108 Å². The zero-order valence-corrected chi connectivity index (χ0v) is 26.5. The van der Waals surface area contributed by atoms with Crippen LogP contribution in [0, 0.1) is 24.7 Å². The van der Waals surface area contributed by atoms with Crippen LogP contribution in [0.1, 0.15) is 71.9 Å². The van der Waals surface area contributed by atoms with Crippen LogP contribution in [0.5, 0.6) is 0 Å². The number of ether oxygens (including phenoxy) is 3. The van der Waals surface area contributed by atoms with Gasteiger partial charge in [-0.1, -0.05) is 56.4 Å². The van der Waals surface area contributed by atoms with Gasteiger partial charge in [0.1, 0.15) is 24.2 Å². The molecule has 0 aliphatic carbocycles. The summed E-state index contributed by atoms with van der Waals surface area (Å²) in [6.07, 6.45) is 18.3. The van der Waals surface area contributed by atoms with Crippen molar-refractivity contribution >= 4 is 18.0 Å². The van der Waals surface area contributed by atoms with Gasteiger partial charge in [-0.2, -0.15) is 0 Å². The SMILES string of the molecule is CO[C@H](/C(C)=C/C=C/C(C)=C/c1coc(C)n1)[C@@H](C)C1C[C@H](O)/C(C)=C/C=C/[C@@H](C)[C@H]2C[C@@H](C/C=C/C(=O)O1)CC(=O)O2. The van der Waals surface area contributed by atoms with Crippen molar-refractivity contribution in [1.82, 2.24) is 4.98 Å². The number of allylic oxidation sites excluding steroid dienone is 7. The van der Waals surface area contributed by atoms with E-state index >= 15 is 0 Å². The first-order valence-corrected chi connectivity index (χ1v) is 15.0. The summed E-state index contributed by atoms with van der Waals surface area (Å²) in [5.41, 5.74) is 3.46. The smallest absolute Gasteiger partial charge is 0.330 e. The number of esters is 2. The predicted octanol–water partition coefficient (Wildman–Crippen LogP) is 6.62. The van der Waals surface area contributed by atoms with E-state index in [1.54, 1.807) is 26.4 Å². The van der Waals surface area contributed by atoms with E-state index in [9.17, 15) is 14.7 Å². The van der Waals surface area contributed by atoms with Crippen molar-refractivity contribution in [3.8, 4) is 0 Å². The van der Waals surface area contributed by atoms with Crippen molar-refractivity contribution in [3.63, 3.8) is 0 Å². The Hall–Kier alpha value is -3.49. The number of carbonyl (C=O) groups is 2. The lowest BCUT2D eigenvalue weighted by atomic mass is 9.86. The molecule has 3 rings (SSSR count). The van der Waals surface area contributed by atoms with Gasteiger partial charge in [0.25, 0.3) is 0 Å². The third kappa shape index (κ3) is 10.6. The van der Waals surface area contributed by atoms with Crippen molar-refractivity contribution in [2.24, 2.45) is 17.8 Å². The first-order chi connectivity index (χ1) is 20.5. The van der Waals surface area contributed by atoms with Crippen LogP contribution in [0.15, 0.2) is 76.0 Å². The van der Waals surface area contributed by atoms with E-state index in [4.69, 9.17) is 18.6 Å². The fourth-order valence-electron chi connectivity index (χ4n) is 5.54. The van der Waals surface area contributed by atoms with Crippen molar-refractivity contribution in [1.29, 1.82) is 0 Å². The van der Waals surface area contributed by atoms with Crippen LogP contribution in [-0.2, 0) is 23.8 Å². The van der Waals surface area contributed by atoms with Gasteiger partial charge in [0.2, 0.25) is 0 Å². The van der Waals surface area contributed by atoms with E-state index in [-0.39, 0.29) is 42.4 Å². The minimum atomic E-state index is -0.830. The monoisotopic (exact) mass is 593 g/mol. The zero-order chi connectivity index (χ0) is 31.5.